The Bertz CT molecular complexity index is 1180. The van der Waals surface area contributed by atoms with Gasteiger partial charge < -0.3 is 28.7 Å². The highest BCUT2D eigenvalue weighted by molar-refractivity contribution is 6.05. The lowest BCUT2D eigenvalue weighted by Crippen LogP contribution is -2.16. The number of oxazole rings is 1. The Morgan fingerprint density at radius 3 is 2.31 bits per heavy atom. The molecule has 0 atom stereocenters. The van der Waals surface area contributed by atoms with Gasteiger partial charge in [0.25, 0.3) is 5.91 Å². The Balaban J connectivity index is 1.90. The maximum atomic E-state index is 12.9. The van der Waals surface area contributed by atoms with Gasteiger partial charge in [0.05, 0.1) is 26.3 Å². The zero-order valence-electron chi connectivity index (χ0n) is 18.4. The van der Waals surface area contributed by atoms with E-state index in [2.05, 4.69) is 5.32 Å². The average Bonchev–Trinajstić information content (AvgIpc) is 3.08. The number of carbonyl (C=O) groups excluding carboxylic acids is 2. The smallest absolute Gasteiger partial charge is 0.493 e. The minimum Gasteiger partial charge on any atom is -0.493 e. The Kier molecular flexibility index (Phi) is 6.72. The van der Waals surface area contributed by atoms with Crippen molar-refractivity contribution in [2.24, 2.45) is 0 Å². The van der Waals surface area contributed by atoms with Crippen molar-refractivity contribution in [2.75, 3.05) is 26.1 Å². The van der Waals surface area contributed by atoms with E-state index in [9.17, 15) is 14.4 Å². The molecule has 3 aromatic rings. The standard InChI is InChI=1S/C22H24N2O8/c1-6-30-22(27)32-19-17(28-4)9-13(10-18(19)29-5)20(25)23-14-7-8-15-16(11-14)31-21(26)24(15)12(2)3/h7-12H,6H2,1-5H3,(H,23,25). The average molecular weight is 444 g/mol. The van der Waals surface area contributed by atoms with Crippen LogP contribution in [0, 0.1) is 0 Å². The van der Waals surface area contributed by atoms with Crippen molar-refractivity contribution >= 4 is 28.8 Å². The first-order valence-corrected chi connectivity index (χ1v) is 9.86. The molecule has 1 aromatic heterocycles. The molecular weight excluding hydrogens is 420 g/mol. The Morgan fingerprint density at radius 1 is 1.09 bits per heavy atom. The molecule has 0 aliphatic rings. The third kappa shape index (κ3) is 4.53. The molecule has 3 rings (SSSR count). The SMILES string of the molecule is CCOC(=O)Oc1c(OC)cc(C(=O)Nc2ccc3c(c2)oc(=O)n3C(C)C)cc1OC. The molecule has 0 radical (unpaired) electrons. The predicted molar refractivity (Wildman–Crippen MR) is 116 cm³/mol. The molecule has 0 aliphatic heterocycles. The summed E-state index contributed by atoms with van der Waals surface area (Å²) in [7, 11) is 2.73. The highest BCUT2D eigenvalue weighted by Gasteiger charge is 2.21. The molecule has 0 bridgehead atoms. The van der Waals surface area contributed by atoms with Crippen LogP contribution in [0.3, 0.4) is 0 Å². The number of methoxy groups -OCH3 is 2. The van der Waals surface area contributed by atoms with Gasteiger partial charge in [0.1, 0.15) is 0 Å². The number of hydrogen-bond acceptors (Lipinski definition) is 8. The summed E-state index contributed by atoms with van der Waals surface area (Å²) < 4.78 is 27.3. The Hall–Kier alpha value is -3.95. The molecule has 10 heteroatoms. The summed E-state index contributed by atoms with van der Waals surface area (Å²) in [5.74, 6) is -0.737. The third-order valence-electron chi connectivity index (χ3n) is 4.56. The summed E-state index contributed by atoms with van der Waals surface area (Å²) >= 11 is 0. The van der Waals surface area contributed by atoms with Crippen LogP contribution in [0.25, 0.3) is 11.1 Å². The second-order valence-electron chi connectivity index (χ2n) is 6.96. The van der Waals surface area contributed by atoms with E-state index in [-0.39, 0.29) is 35.5 Å². The van der Waals surface area contributed by atoms with Crippen LogP contribution in [-0.4, -0.2) is 37.5 Å². The van der Waals surface area contributed by atoms with E-state index in [1.54, 1.807) is 25.1 Å². The van der Waals surface area contributed by atoms with Crippen LogP contribution >= 0.6 is 0 Å². The molecule has 0 saturated heterocycles. The van der Waals surface area contributed by atoms with Crippen molar-refractivity contribution in [3.05, 3.63) is 46.4 Å². The number of nitrogens with one attached hydrogen (secondary N) is 1. The molecule has 0 spiro atoms. The number of rotatable bonds is 7. The van der Waals surface area contributed by atoms with Crippen LogP contribution in [0.5, 0.6) is 17.2 Å². The lowest BCUT2D eigenvalue weighted by molar-refractivity contribution is 0.102. The van der Waals surface area contributed by atoms with Crippen LogP contribution in [0.15, 0.2) is 39.5 Å². The van der Waals surface area contributed by atoms with Crippen LogP contribution in [-0.2, 0) is 4.74 Å². The summed E-state index contributed by atoms with van der Waals surface area (Å²) in [5, 5.41) is 2.74. The molecule has 170 valence electrons. The van der Waals surface area contributed by atoms with E-state index in [0.29, 0.717) is 16.8 Å². The minimum absolute atomic E-state index is 0.0109. The number of ether oxygens (including phenoxy) is 4. The van der Waals surface area contributed by atoms with Crippen LogP contribution in [0.1, 0.15) is 37.2 Å². The van der Waals surface area contributed by atoms with Gasteiger partial charge in [0.2, 0.25) is 5.75 Å². The van der Waals surface area contributed by atoms with E-state index in [4.69, 9.17) is 23.4 Å². The molecule has 0 fully saturated rings. The van der Waals surface area contributed by atoms with Gasteiger partial charge in [-0.3, -0.25) is 9.36 Å². The van der Waals surface area contributed by atoms with Crippen molar-refractivity contribution in [3.63, 3.8) is 0 Å². The summed E-state index contributed by atoms with van der Waals surface area (Å²) in [6.07, 6.45) is -0.926. The summed E-state index contributed by atoms with van der Waals surface area (Å²) in [4.78, 5) is 36.6. The number of nitrogens with zero attached hydrogens (tertiary/aromatic N) is 1. The van der Waals surface area contributed by atoms with Crippen LogP contribution in [0.4, 0.5) is 10.5 Å². The van der Waals surface area contributed by atoms with Crippen LogP contribution < -0.4 is 25.3 Å². The zero-order valence-corrected chi connectivity index (χ0v) is 18.4. The highest BCUT2D eigenvalue weighted by atomic mass is 16.7. The lowest BCUT2D eigenvalue weighted by atomic mass is 10.1. The van der Waals surface area contributed by atoms with Gasteiger partial charge >= 0.3 is 11.9 Å². The van der Waals surface area contributed by atoms with Gasteiger partial charge in [-0.2, -0.15) is 0 Å². The lowest BCUT2D eigenvalue weighted by Gasteiger charge is -2.15. The maximum absolute atomic E-state index is 12.9. The molecule has 2 aromatic carbocycles. The zero-order chi connectivity index (χ0) is 23.4. The Morgan fingerprint density at radius 2 is 1.75 bits per heavy atom. The largest absolute Gasteiger partial charge is 0.514 e. The number of hydrogen-bond donors (Lipinski definition) is 1. The van der Waals surface area contributed by atoms with E-state index in [1.807, 2.05) is 13.8 Å². The number of fused-ring (bicyclic) bond motifs is 1. The van der Waals surface area contributed by atoms with Gasteiger partial charge in [-0.15, -0.1) is 0 Å². The highest BCUT2D eigenvalue weighted by Crippen LogP contribution is 2.39. The number of anilines is 1. The molecule has 32 heavy (non-hydrogen) atoms. The van der Waals surface area contributed by atoms with Gasteiger partial charge in [0.15, 0.2) is 17.1 Å². The molecular formula is C22H24N2O8. The number of benzene rings is 2. The number of aromatic nitrogens is 1. The van der Waals surface area contributed by atoms with Crippen molar-refractivity contribution in [3.8, 4) is 17.2 Å². The van der Waals surface area contributed by atoms with E-state index in [0.717, 1.165) is 0 Å². The van der Waals surface area contributed by atoms with Crippen molar-refractivity contribution in [1.82, 2.24) is 4.57 Å². The molecule has 0 saturated carbocycles. The fraction of sp³-hybridized carbons (Fsp3) is 0.318. The molecule has 1 amide bonds. The normalized spacial score (nSPS) is 10.8. The second kappa shape index (κ2) is 9.46. The fourth-order valence-corrected chi connectivity index (χ4v) is 3.15. The first kappa shape index (κ1) is 22.7. The molecule has 1 N–H and O–H groups in total. The van der Waals surface area contributed by atoms with Gasteiger partial charge in [-0.1, -0.05) is 0 Å². The number of amides is 1. The van der Waals surface area contributed by atoms with Crippen molar-refractivity contribution < 1.29 is 33.0 Å². The molecule has 0 unspecified atom stereocenters. The summed E-state index contributed by atoms with van der Waals surface area (Å²) in [6.45, 7) is 5.53. The van der Waals surface area contributed by atoms with Crippen LogP contribution in [0.2, 0.25) is 0 Å². The van der Waals surface area contributed by atoms with Gasteiger partial charge in [-0.25, -0.2) is 9.59 Å². The van der Waals surface area contributed by atoms with Crippen molar-refractivity contribution in [2.45, 2.75) is 26.8 Å². The monoisotopic (exact) mass is 444 g/mol. The first-order valence-electron chi connectivity index (χ1n) is 9.86. The predicted octanol–water partition coefficient (Wildman–Crippen LogP) is 3.98. The van der Waals surface area contributed by atoms with Gasteiger partial charge in [-0.05, 0) is 45.0 Å². The maximum Gasteiger partial charge on any atom is 0.514 e. The first-order chi connectivity index (χ1) is 15.3. The van der Waals surface area contributed by atoms with Gasteiger partial charge in [0, 0.05) is 23.4 Å². The molecule has 10 nitrogen and oxygen atoms in total. The van der Waals surface area contributed by atoms with E-state index < -0.39 is 17.8 Å². The van der Waals surface area contributed by atoms with Crippen molar-refractivity contribution in [1.29, 1.82) is 0 Å². The summed E-state index contributed by atoms with van der Waals surface area (Å²) in [6, 6.07) is 7.67. The third-order valence-corrected chi connectivity index (χ3v) is 4.56. The fourth-order valence-electron chi connectivity index (χ4n) is 3.15. The topological polar surface area (TPSA) is 118 Å². The summed E-state index contributed by atoms with van der Waals surface area (Å²) in [5.41, 5.74) is 1.61. The quantitative estimate of drug-likeness (QED) is 0.429. The van der Waals surface area contributed by atoms with E-state index >= 15 is 0 Å². The number of carbonyl (C=O) groups is 2. The molecule has 0 aliphatic carbocycles. The Labute approximate surface area is 183 Å². The minimum atomic E-state index is -0.926. The van der Waals surface area contributed by atoms with E-state index in [1.165, 1.54) is 30.9 Å². The second-order valence-corrected chi connectivity index (χ2v) is 6.96. The molecule has 1 heterocycles.